The predicted molar refractivity (Wildman–Crippen MR) is 65.0 cm³/mol. The Morgan fingerprint density at radius 1 is 1.38 bits per heavy atom. The lowest BCUT2D eigenvalue weighted by Crippen LogP contribution is -2.41. The van der Waals surface area contributed by atoms with Gasteiger partial charge in [-0.15, -0.1) is 0 Å². The first-order valence-electron chi connectivity index (χ1n) is 5.11. The van der Waals surface area contributed by atoms with Gasteiger partial charge in [0.2, 0.25) is 3.79 Å². The minimum Gasteiger partial charge on any atom is -0.445 e. The molecule has 0 saturated carbocycles. The summed E-state index contributed by atoms with van der Waals surface area (Å²) in [5, 5.41) is 0. The number of hydrogen-bond acceptors (Lipinski definition) is 3. The standard InChI is InChI=1S/C9H15Cl3N2O2/c10-9(11,12)6-16-8(15)14-3-1-7(5-13)2-4-14/h7H,1-6,13H2. The molecule has 1 aliphatic heterocycles. The number of carbonyl (C=O) groups is 1. The molecule has 0 bridgehead atoms. The fraction of sp³-hybridized carbons (Fsp3) is 0.889. The molecule has 1 heterocycles. The number of ether oxygens (including phenoxy) is 1. The smallest absolute Gasteiger partial charge is 0.409 e. The Balaban J connectivity index is 2.28. The number of hydrogen-bond donors (Lipinski definition) is 1. The van der Waals surface area contributed by atoms with Gasteiger partial charge >= 0.3 is 6.09 Å². The average Bonchev–Trinajstić information content (AvgIpc) is 2.25. The van der Waals surface area contributed by atoms with Gasteiger partial charge in [0.15, 0.2) is 0 Å². The molecule has 1 saturated heterocycles. The Morgan fingerprint density at radius 3 is 2.38 bits per heavy atom. The van der Waals surface area contributed by atoms with E-state index in [1.807, 2.05) is 0 Å². The Kier molecular flexibility index (Phi) is 5.44. The second-order valence-corrected chi connectivity index (χ2v) is 6.35. The normalized spacial score (nSPS) is 18.6. The monoisotopic (exact) mass is 288 g/mol. The van der Waals surface area contributed by atoms with Crippen molar-refractivity contribution in [2.75, 3.05) is 26.2 Å². The summed E-state index contributed by atoms with van der Waals surface area (Å²) >= 11 is 16.4. The van der Waals surface area contributed by atoms with Gasteiger partial charge in [-0.2, -0.15) is 0 Å². The third kappa shape index (κ3) is 4.95. The molecule has 1 aliphatic rings. The van der Waals surface area contributed by atoms with Crippen molar-refractivity contribution in [3.05, 3.63) is 0 Å². The van der Waals surface area contributed by atoms with E-state index < -0.39 is 9.89 Å². The first-order valence-corrected chi connectivity index (χ1v) is 6.24. The molecule has 0 aromatic rings. The molecule has 1 fully saturated rings. The van der Waals surface area contributed by atoms with Gasteiger partial charge in [0, 0.05) is 13.1 Å². The maximum atomic E-state index is 11.5. The van der Waals surface area contributed by atoms with Crippen molar-refractivity contribution >= 4 is 40.9 Å². The average molecular weight is 290 g/mol. The van der Waals surface area contributed by atoms with E-state index >= 15 is 0 Å². The Bertz CT molecular complexity index is 237. The minimum atomic E-state index is -1.55. The van der Waals surface area contributed by atoms with Crippen LogP contribution in [0.2, 0.25) is 0 Å². The second kappa shape index (κ2) is 6.15. The zero-order chi connectivity index (χ0) is 12.2. The van der Waals surface area contributed by atoms with Crippen LogP contribution < -0.4 is 5.73 Å². The van der Waals surface area contributed by atoms with Crippen LogP contribution in [0, 0.1) is 5.92 Å². The highest BCUT2D eigenvalue weighted by atomic mass is 35.6. The van der Waals surface area contributed by atoms with E-state index in [9.17, 15) is 4.79 Å². The summed E-state index contributed by atoms with van der Waals surface area (Å²) < 4.78 is 3.32. The number of nitrogens with zero attached hydrogens (tertiary/aromatic N) is 1. The van der Waals surface area contributed by atoms with Crippen LogP contribution in [0.15, 0.2) is 0 Å². The largest absolute Gasteiger partial charge is 0.445 e. The molecule has 0 unspecified atom stereocenters. The molecule has 0 atom stereocenters. The van der Waals surface area contributed by atoms with Gasteiger partial charge in [0.1, 0.15) is 6.61 Å². The zero-order valence-corrected chi connectivity index (χ0v) is 11.1. The van der Waals surface area contributed by atoms with Crippen LogP contribution in [0.5, 0.6) is 0 Å². The first-order chi connectivity index (χ1) is 7.42. The predicted octanol–water partition coefficient (Wildman–Crippen LogP) is 2.16. The van der Waals surface area contributed by atoms with Crippen LogP contribution in [0.1, 0.15) is 12.8 Å². The van der Waals surface area contributed by atoms with Crippen molar-refractivity contribution in [1.29, 1.82) is 0 Å². The van der Waals surface area contributed by atoms with E-state index in [1.54, 1.807) is 4.90 Å². The number of nitrogens with two attached hydrogens (primary N) is 1. The summed E-state index contributed by atoms with van der Waals surface area (Å²) in [6, 6.07) is 0. The molecular weight excluding hydrogens is 274 g/mol. The summed E-state index contributed by atoms with van der Waals surface area (Å²) in [5.41, 5.74) is 5.55. The molecule has 0 radical (unpaired) electrons. The minimum absolute atomic E-state index is 0.229. The maximum Gasteiger partial charge on any atom is 0.409 e. The Labute approximate surface area is 110 Å². The van der Waals surface area contributed by atoms with Gasteiger partial charge in [-0.3, -0.25) is 0 Å². The summed E-state index contributed by atoms with van der Waals surface area (Å²) in [4.78, 5) is 13.1. The molecular formula is C9H15Cl3N2O2. The van der Waals surface area contributed by atoms with Gasteiger partial charge in [-0.25, -0.2) is 4.79 Å². The third-order valence-corrected chi connectivity index (χ3v) is 2.89. The van der Waals surface area contributed by atoms with E-state index in [2.05, 4.69) is 0 Å². The highest BCUT2D eigenvalue weighted by Crippen LogP contribution is 2.26. The highest BCUT2D eigenvalue weighted by Gasteiger charge is 2.26. The van der Waals surface area contributed by atoms with Gasteiger partial charge in [0.05, 0.1) is 0 Å². The summed E-state index contributed by atoms with van der Waals surface area (Å²) in [7, 11) is 0. The molecule has 1 rings (SSSR count). The lowest BCUT2D eigenvalue weighted by Gasteiger charge is -2.30. The molecule has 2 N–H and O–H groups in total. The molecule has 94 valence electrons. The van der Waals surface area contributed by atoms with Crippen LogP contribution in [0.25, 0.3) is 0 Å². The molecule has 0 aromatic carbocycles. The fourth-order valence-electron chi connectivity index (χ4n) is 1.59. The molecule has 0 aromatic heterocycles. The molecule has 0 aliphatic carbocycles. The lowest BCUT2D eigenvalue weighted by molar-refractivity contribution is 0.0898. The SMILES string of the molecule is NCC1CCN(C(=O)OCC(Cl)(Cl)Cl)CC1. The molecule has 16 heavy (non-hydrogen) atoms. The number of likely N-dealkylation sites (tertiary alicyclic amines) is 1. The van der Waals surface area contributed by atoms with Crippen molar-refractivity contribution in [3.63, 3.8) is 0 Å². The summed E-state index contributed by atoms with van der Waals surface area (Å²) in [5.74, 6) is 0.497. The van der Waals surface area contributed by atoms with Crippen molar-refractivity contribution in [1.82, 2.24) is 4.90 Å². The van der Waals surface area contributed by atoms with Gasteiger partial charge in [-0.1, -0.05) is 34.8 Å². The first kappa shape index (κ1) is 14.2. The number of rotatable bonds is 2. The quantitative estimate of drug-likeness (QED) is 0.793. The number of amides is 1. The zero-order valence-electron chi connectivity index (χ0n) is 8.79. The molecule has 1 amide bonds. The topological polar surface area (TPSA) is 55.6 Å². The van der Waals surface area contributed by atoms with Crippen molar-refractivity contribution in [3.8, 4) is 0 Å². The van der Waals surface area contributed by atoms with E-state index in [1.165, 1.54) is 0 Å². The number of piperidine rings is 1. The Hall–Kier alpha value is 0.1000. The van der Waals surface area contributed by atoms with Gasteiger partial charge in [-0.05, 0) is 25.3 Å². The lowest BCUT2D eigenvalue weighted by atomic mass is 9.97. The van der Waals surface area contributed by atoms with E-state index in [4.69, 9.17) is 45.3 Å². The molecule has 4 nitrogen and oxygen atoms in total. The summed E-state index contributed by atoms with van der Waals surface area (Å²) in [6.07, 6.45) is 1.38. The number of alkyl halides is 3. The van der Waals surface area contributed by atoms with Crippen molar-refractivity contribution in [2.45, 2.75) is 16.6 Å². The fourth-order valence-corrected chi connectivity index (χ4v) is 1.75. The van der Waals surface area contributed by atoms with Crippen LogP contribution in [0.4, 0.5) is 4.79 Å². The van der Waals surface area contributed by atoms with Crippen molar-refractivity contribution in [2.24, 2.45) is 11.7 Å². The van der Waals surface area contributed by atoms with Crippen LogP contribution >= 0.6 is 34.8 Å². The highest BCUT2D eigenvalue weighted by molar-refractivity contribution is 6.67. The number of halogens is 3. The molecule has 0 spiro atoms. The van der Waals surface area contributed by atoms with E-state index in [0.717, 1.165) is 12.8 Å². The second-order valence-electron chi connectivity index (χ2n) is 3.84. The Morgan fingerprint density at radius 2 is 1.94 bits per heavy atom. The van der Waals surface area contributed by atoms with Gasteiger partial charge < -0.3 is 15.4 Å². The number of carbonyl (C=O) groups excluding carboxylic acids is 1. The summed E-state index contributed by atoms with van der Waals surface area (Å²) in [6.45, 7) is 1.74. The van der Waals surface area contributed by atoms with E-state index in [-0.39, 0.29) is 6.61 Å². The maximum absolute atomic E-state index is 11.5. The van der Waals surface area contributed by atoms with Gasteiger partial charge in [0.25, 0.3) is 0 Å². The van der Waals surface area contributed by atoms with Crippen LogP contribution in [-0.2, 0) is 4.74 Å². The third-order valence-electron chi connectivity index (χ3n) is 2.57. The van der Waals surface area contributed by atoms with E-state index in [0.29, 0.717) is 25.6 Å². The van der Waals surface area contributed by atoms with Crippen molar-refractivity contribution < 1.29 is 9.53 Å². The van der Waals surface area contributed by atoms with Crippen LogP contribution in [0.3, 0.4) is 0 Å². The van der Waals surface area contributed by atoms with Crippen LogP contribution in [-0.4, -0.2) is 41.0 Å². The molecule has 7 heteroatoms.